The Hall–Kier alpha value is -2.40. The van der Waals surface area contributed by atoms with Gasteiger partial charge in [-0.15, -0.1) is 0 Å². The van der Waals surface area contributed by atoms with Crippen LogP contribution < -0.4 is 19.5 Å². The van der Waals surface area contributed by atoms with E-state index in [0.717, 1.165) is 5.56 Å². The van der Waals surface area contributed by atoms with Crippen molar-refractivity contribution in [2.24, 2.45) is 0 Å². The molecule has 0 aliphatic rings. The lowest BCUT2D eigenvalue weighted by Crippen LogP contribution is -2.29. The molecule has 5 nitrogen and oxygen atoms in total. The fourth-order valence-electron chi connectivity index (χ4n) is 2.07. The fraction of sp³-hybridized carbons (Fsp3) is 0.278. The van der Waals surface area contributed by atoms with Crippen LogP contribution in [0, 0.1) is 0 Å². The molecule has 0 aromatic heterocycles. The summed E-state index contributed by atoms with van der Waals surface area (Å²) < 4.78 is 16.0. The highest BCUT2D eigenvalue weighted by Gasteiger charge is 2.05. The van der Waals surface area contributed by atoms with Crippen LogP contribution in [0.3, 0.4) is 0 Å². The van der Waals surface area contributed by atoms with Crippen molar-refractivity contribution in [3.8, 4) is 17.2 Å². The molecule has 0 spiro atoms. The predicted octanol–water partition coefficient (Wildman–Crippen LogP) is 3.09. The van der Waals surface area contributed by atoms with Crippen LogP contribution in [-0.4, -0.2) is 33.3 Å². The Kier molecular flexibility index (Phi) is 6.75. The molecule has 24 heavy (non-hydrogen) atoms. The first-order chi connectivity index (χ1) is 11.6. The molecule has 2 rings (SSSR count). The highest BCUT2D eigenvalue weighted by atomic mass is 35.5. The van der Waals surface area contributed by atoms with E-state index in [1.165, 1.54) is 0 Å². The number of rotatable bonds is 8. The van der Waals surface area contributed by atoms with Crippen molar-refractivity contribution >= 4 is 17.5 Å². The van der Waals surface area contributed by atoms with Crippen LogP contribution in [0.25, 0.3) is 0 Å². The third-order valence-electron chi connectivity index (χ3n) is 3.30. The van der Waals surface area contributed by atoms with Gasteiger partial charge in [0.15, 0.2) is 0 Å². The summed E-state index contributed by atoms with van der Waals surface area (Å²) in [5.74, 6) is 1.86. The Balaban J connectivity index is 1.76. The standard InChI is InChI=1S/C18H20ClNO4/c1-22-15-10-16(23-2)12-17(11-15)24-8-7-20-18(21)9-13-3-5-14(19)6-4-13/h3-6,10-12H,7-9H2,1-2H3,(H,20,21). The monoisotopic (exact) mass is 349 g/mol. The molecule has 0 aliphatic heterocycles. The lowest BCUT2D eigenvalue weighted by molar-refractivity contribution is -0.120. The summed E-state index contributed by atoms with van der Waals surface area (Å²) >= 11 is 5.82. The first kappa shape index (κ1) is 17.9. The second-order valence-corrected chi connectivity index (χ2v) is 5.49. The zero-order valence-electron chi connectivity index (χ0n) is 13.7. The summed E-state index contributed by atoms with van der Waals surface area (Å²) in [7, 11) is 3.16. The van der Waals surface area contributed by atoms with Gasteiger partial charge in [0.25, 0.3) is 0 Å². The number of amides is 1. The molecule has 128 valence electrons. The van der Waals surface area contributed by atoms with Crippen molar-refractivity contribution in [3.05, 3.63) is 53.1 Å². The average molecular weight is 350 g/mol. The van der Waals surface area contributed by atoms with Crippen molar-refractivity contribution in [1.29, 1.82) is 0 Å². The van der Waals surface area contributed by atoms with Gasteiger partial charge < -0.3 is 19.5 Å². The minimum absolute atomic E-state index is 0.0656. The summed E-state index contributed by atoms with van der Waals surface area (Å²) in [6, 6.07) is 12.5. The normalized spacial score (nSPS) is 10.1. The summed E-state index contributed by atoms with van der Waals surface area (Å²) in [5, 5.41) is 3.47. The maximum Gasteiger partial charge on any atom is 0.224 e. The van der Waals surface area contributed by atoms with Crippen LogP contribution in [0.5, 0.6) is 17.2 Å². The van der Waals surface area contributed by atoms with E-state index in [9.17, 15) is 4.79 Å². The number of halogens is 1. The van der Waals surface area contributed by atoms with Crippen LogP contribution in [0.15, 0.2) is 42.5 Å². The molecule has 0 aliphatic carbocycles. The smallest absolute Gasteiger partial charge is 0.224 e. The number of benzene rings is 2. The van der Waals surface area contributed by atoms with Crippen molar-refractivity contribution < 1.29 is 19.0 Å². The van der Waals surface area contributed by atoms with Gasteiger partial charge in [-0.1, -0.05) is 23.7 Å². The van der Waals surface area contributed by atoms with Crippen molar-refractivity contribution in [2.75, 3.05) is 27.4 Å². The predicted molar refractivity (Wildman–Crippen MR) is 93.2 cm³/mol. The van der Waals surface area contributed by atoms with E-state index in [1.807, 2.05) is 12.1 Å². The Morgan fingerprint density at radius 2 is 1.58 bits per heavy atom. The van der Waals surface area contributed by atoms with Crippen LogP contribution in [0.4, 0.5) is 0 Å². The lowest BCUT2D eigenvalue weighted by atomic mass is 10.1. The first-order valence-electron chi connectivity index (χ1n) is 7.47. The zero-order valence-corrected chi connectivity index (χ0v) is 14.4. The van der Waals surface area contributed by atoms with Crippen molar-refractivity contribution in [2.45, 2.75) is 6.42 Å². The summed E-state index contributed by atoms with van der Waals surface area (Å²) in [6.45, 7) is 0.759. The van der Waals surface area contributed by atoms with E-state index in [1.54, 1.807) is 44.6 Å². The van der Waals surface area contributed by atoms with E-state index in [2.05, 4.69) is 5.32 Å². The molecular formula is C18H20ClNO4. The first-order valence-corrected chi connectivity index (χ1v) is 7.85. The Labute approximate surface area is 146 Å². The Bertz CT molecular complexity index is 651. The fourth-order valence-corrected chi connectivity index (χ4v) is 2.20. The summed E-state index contributed by atoms with van der Waals surface area (Å²) in [4.78, 5) is 11.9. The molecule has 1 N–H and O–H groups in total. The number of carbonyl (C=O) groups is 1. The molecule has 0 bridgehead atoms. The molecule has 1 amide bonds. The van der Waals surface area contributed by atoms with Crippen LogP contribution in [0.2, 0.25) is 5.02 Å². The average Bonchev–Trinajstić information content (AvgIpc) is 2.60. The molecule has 2 aromatic rings. The highest BCUT2D eigenvalue weighted by molar-refractivity contribution is 6.30. The molecule has 0 atom stereocenters. The van der Waals surface area contributed by atoms with Crippen LogP contribution >= 0.6 is 11.6 Å². The molecule has 0 radical (unpaired) electrons. The molecule has 0 unspecified atom stereocenters. The molecule has 2 aromatic carbocycles. The Morgan fingerprint density at radius 3 is 2.17 bits per heavy atom. The van der Waals surface area contributed by atoms with E-state index in [4.69, 9.17) is 25.8 Å². The molecule has 0 saturated heterocycles. The van der Waals surface area contributed by atoms with E-state index in [0.29, 0.717) is 41.8 Å². The lowest BCUT2D eigenvalue weighted by Gasteiger charge is -2.11. The van der Waals surface area contributed by atoms with Gasteiger partial charge in [-0.3, -0.25) is 4.79 Å². The summed E-state index contributed by atoms with van der Waals surface area (Å²) in [6.07, 6.45) is 0.310. The number of nitrogens with one attached hydrogen (secondary N) is 1. The van der Waals surface area contributed by atoms with Crippen molar-refractivity contribution in [1.82, 2.24) is 5.32 Å². The highest BCUT2D eigenvalue weighted by Crippen LogP contribution is 2.27. The van der Waals surface area contributed by atoms with Gasteiger partial charge in [0.1, 0.15) is 23.9 Å². The number of carbonyl (C=O) groups excluding carboxylic acids is 1. The molecule has 0 saturated carbocycles. The SMILES string of the molecule is COc1cc(OC)cc(OCCNC(=O)Cc2ccc(Cl)cc2)c1. The molecular weight excluding hydrogens is 330 g/mol. The minimum Gasteiger partial charge on any atom is -0.496 e. The largest absolute Gasteiger partial charge is 0.496 e. The Morgan fingerprint density at radius 1 is 1.00 bits per heavy atom. The third kappa shape index (κ3) is 5.66. The molecule has 0 heterocycles. The topological polar surface area (TPSA) is 56.8 Å². The molecule has 6 heteroatoms. The number of hydrogen-bond donors (Lipinski definition) is 1. The quantitative estimate of drug-likeness (QED) is 0.744. The van der Waals surface area contributed by atoms with Crippen molar-refractivity contribution in [3.63, 3.8) is 0 Å². The van der Waals surface area contributed by atoms with Gasteiger partial charge >= 0.3 is 0 Å². The van der Waals surface area contributed by atoms with Gasteiger partial charge in [0.2, 0.25) is 5.91 Å². The van der Waals surface area contributed by atoms with Gasteiger partial charge in [-0.2, -0.15) is 0 Å². The zero-order chi connectivity index (χ0) is 17.4. The summed E-state index contributed by atoms with van der Waals surface area (Å²) in [5.41, 5.74) is 0.912. The van der Waals surface area contributed by atoms with E-state index < -0.39 is 0 Å². The third-order valence-corrected chi connectivity index (χ3v) is 3.55. The maximum absolute atomic E-state index is 11.9. The maximum atomic E-state index is 11.9. The van der Waals surface area contributed by atoms with Crippen LogP contribution in [-0.2, 0) is 11.2 Å². The van der Waals surface area contributed by atoms with Crippen LogP contribution in [0.1, 0.15) is 5.56 Å². The second kappa shape index (κ2) is 9.03. The van der Waals surface area contributed by atoms with E-state index >= 15 is 0 Å². The van der Waals surface area contributed by atoms with E-state index in [-0.39, 0.29) is 5.91 Å². The number of methoxy groups -OCH3 is 2. The molecule has 0 fully saturated rings. The van der Waals surface area contributed by atoms with Gasteiger partial charge in [-0.05, 0) is 17.7 Å². The van der Waals surface area contributed by atoms with Gasteiger partial charge in [0.05, 0.1) is 27.2 Å². The minimum atomic E-state index is -0.0656. The van der Waals surface area contributed by atoms with Gasteiger partial charge in [0, 0.05) is 23.2 Å². The number of hydrogen-bond acceptors (Lipinski definition) is 4. The second-order valence-electron chi connectivity index (χ2n) is 5.05. The van der Waals surface area contributed by atoms with Gasteiger partial charge in [-0.25, -0.2) is 0 Å². The number of ether oxygens (including phenoxy) is 3.